The van der Waals surface area contributed by atoms with E-state index in [9.17, 15) is 9.50 Å². The van der Waals surface area contributed by atoms with Crippen LogP contribution < -0.4 is 30.0 Å². The minimum atomic E-state index is -2.40. The lowest BCUT2D eigenvalue weighted by atomic mass is 9.77. The van der Waals surface area contributed by atoms with Crippen LogP contribution in [-0.4, -0.2) is 136 Å². The Morgan fingerprint density at radius 2 is 0.967 bits per heavy atom. The summed E-state index contributed by atoms with van der Waals surface area (Å²) in [7, 11) is 4.14. The molecular formula is C68H74F2N10O10Si. The highest BCUT2D eigenvalue weighted by molar-refractivity contribution is 6.74. The Bertz CT molecular complexity index is 3940. The quantitative estimate of drug-likeness (QED) is 0.0410. The number of nitrogens with one attached hydrogen (secondary N) is 1. The van der Waals surface area contributed by atoms with Crippen LogP contribution in [0.5, 0.6) is 23.0 Å². The SMILES string of the molecule is COc1ccc(C(Nc2ncnc3c2ncn3[C@@H]2OC(CO[Si](C)(C)C(C)(C)C)[C@H](OC(c3ccccc3)(c3ccc(OC)cc3)c3ccc(OC)cc3)[C@H]2F)(c2ccccc2)c2ccc(OC)cc2)cc1.Nc1ncnc2c1ncn2[C@@H]1OC(CO)[C@@H](O)[C@H]1F. The van der Waals surface area contributed by atoms with Gasteiger partial charge in [0, 0.05) is 0 Å². The molecule has 6 heterocycles. The van der Waals surface area contributed by atoms with E-state index >= 15 is 4.39 Å². The Morgan fingerprint density at radius 3 is 1.44 bits per heavy atom. The zero-order valence-electron chi connectivity index (χ0n) is 51.9. The normalized spacial score (nSPS) is 20.3. The number of aromatic nitrogens is 8. The third-order valence-corrected chi connectivity index (χ3v) is 22.0. The number of fused-ring (bicyclic) bond motifs is 2. The molecule has 6 aromatic carbocycles. The molecule has 10 aromatic rings. The Balaban J connectivity index is 0.000000379. The van der Waals surface area contributed by atoms with Crippen LogP contribution in [0.2, 0.25) is 18.1 Å². The molecule has 474 valence electrons. The molecule has 2 fully saturated rings. The van der Waals surface area contributed by atoms with E-state index in [-0.39, 0.29) is 17.5 Å². The number of ether oxygens (including phenoxy) is 7. The number of aliphatic hydroxyl groups excluding tert-OH is 2. The molecule has 91 heavy (non-hydrogen) atoms. The molecule has 0 radical (unpaired) electrons. The molecular weight excluding hydrogens is 1180 g/mol. The second-order valence-electron chi connectivity index (χ2n) is 23.7. The van der Waals surface area contributed by atoms with Crippen LogP contribution in [0.4, 0.5) is 20.4 Å². The van der Waals surface area contributed by atoms with Gasteiger partial charge in [-0.3, -0.25) is 9.13 Å². The van der Waals surface area contributed by atoms with Crippen molar-refractivity contribution >= 4 is 42.3 Å². The molecule has 0 saturated carbocycles. The molecule has 2 aliphatic rings. The van der Waals surface area contributed by atoms with Gasteiger partial charge in [-0.2, -0.15) is 0 Å². The fourth-order valence-electron chi connectivity index (χ4n) is 11.5. The zero-order valence-corrected chi connectivity index (χ0v) is 52.9. The maximum absolute atomic E-state index is 18.5. The van der Waals surface area contributed by atoms with Crippen LogP contribution in [0.3, 0.4) is 0 Å². The van der Waals surface area contributed by atoms with Gasteiger partial charge < -0.3 is 58.8 Å². The molecule has 0 amide bonds. The fourth-order valence-corrected chi connectivity index (χ4v) is 12.5. The molecule has 2 aliphatic heterocycles. The summed E-state index contributed by atoms with van der Waals surface area (Å²) in [4.78, 5) is 26.3. The first-order valence-electron chi connectivity index (χ1n) is 29.7. The first kappa shape index (κ1) is 63.6. The average molecular weight is 1260 g/mol. The minimum absolute atomic E-state index is 0.0753. The van der Waals surface area contributed by atoms with E-state index in [4.69, 9.17) is 63.4 Å². The van der Waals surface area contributed by atoms with Crippen LogP contribution in [0.25, 0.3) is 22.3 Å². The molecule has 2 unspecified atom stereocenters. The molecule has 12 rings (SSSR count). The molecule has 0 bridgehead atoms. The number of hydrogen-bond acceptors (Lipinski definition) is 18. The van der Waals surface area contributed by atoms with Crippen molar-refractivity contribution in [3.8, 4) is 23.0 Å². The van der Waals surface area contributed by atoms with Crippen LogP contribution in [0, 0.1) is 0 Å². The van der Waals surface area contributed by atoms with Crippen LogP contribution in [0.15, 0.2) is 183 Å². The maximum Gasteiger partial charge on any atom is 0.192 e. The second-order valence-corrected chi connectivity index (χ2v) is 28.5. The van der Waals surface area contributed by atoms with Gasteiger partial charge in [0.2, 0.25) is 0 Å². The topological polar surface area (TPSA) is 240 Å². The minimum Gasteiger partial charge on any atom is -0.497 e. The summed E-state index contributed by atoms with van der Waals surface area (Å²) < 4.78 is 84.5. The summed E-state index contributed by atoms with van der Waals surface area (Å²) in [6.07, 6.45) is -4.65. The lowest BCUT2D eigenvalue weighted by Gasteiger charge is -2.40. The predicted molar refractivity (Wildman–Crippen MR) is 342 cm³/mol. The Hall–Kier alpha value is -8.94. The summed E-state index contributed by atoms with van der Waals surface area (Å²) in [6.45, 7) is 10.5. The number of methoxy groups -OCH3 is 4. The summed E-state index contributed by atoms with van der Waals surface area (Å²) in [6, 6.07) is 51.2. The van der Waals surface area contributed by atoms with Crippen LogP contribution in [-0.2, 0) is 29.8 Å². The number of nitrogens with zero attached hydrogens (tertiary/aromatic N) is 8. The highest BCUT2D eigenvalue weighted by Gasteiger charge is 2.54. The van der Waals surface area contributed by atoms with Gasteiger partial charge in [-0.1, -0.05) is 130 Å². The number of rotatable bonds is 20. The second kappa shape index (κ2) is 26.5. The number of hydrogen-bond donors (Lipinski definition) is 4. The molecule has 4 aromatic heterocycles. The van der Waals surface area contributed by atoms with Crippen molar-refractivity contribution in [2.75, 3.05) is 52.7 Å². The summed E-state index contributed by atoms with van der Waals surface area (Å²) in [5, 5.41) is 22.3. The lowest BCUT2D eigenvalue weighted by Crippen LogP contribution is -2.47. The van der Waals surface area contributed by atoms with Crippen LogP contribution >= 0.6 is 0 Å². The summed E-state index contributed by atoms with van der Waals surface area (Å²) in [5.41, 5.74) is 9.66. The van der Waals surface area contributed by atoms with Crippen molar-refractivity contribution in [2.24, 2.45) is 0 Å². The molecule has 0 aliphatic carbocycles. The van der Waals surface area contributed by atoms with Gasteiger partial charge in [0.25, 0.3) is 0 Å². The monoisotopic (exact) mass is 1260 g/mol. The smallest absolute Gasteiger partial charge is 0.192 e. The van der Waals surface area contributed by atoms with Gasteiger partial charge in [-0.25, -0.2) is 38.7 Å². The van der Waals surface area contributed by atoms with Gasteiger partial charge in [0.05, 0.1) is 54.3 Å². The number of imidazole rings is 2. The number of aliphatic hydroxyl groups is 2. The van der Waals surface area contributed by atoms with E-state index < -0.39 is 75.3 Å². The van der Waals surface area contributed by atoms with Crippen molar-refractivity contribution in [1.29, 1.82) is 0 Å². The van der Waals surface area contributed by atoms with Gasteiger partial charge in [0.1, 0.15) is 76.7 Å². The standard InChI is InChI=1S/C58H62FN5O7Si.C10H12FN5O3/c1-56(2,3)72(8,9)69-36-49-52(71-58(42-18-14-11-15-19-42,43-24-32-47(67-6)33-25-43)44-26-34-48(68-7)35-27-44)50(59)55(70-49)64-38-62-51-53(60-37-61-54(51)64)63-57(39-16-12-10-13-17-39,40-20-28-45(65-4)29-21-40)41-22-30-46(66-5)31-23-41;11-5-7(18)4(1-17)19-10(5)16-3-15-6-8(12)13-2-14-9(6)16/h10-35,37-38,49-50,52,55H,36H2,1-9H3,(H,60,61,63);2-5,7,10,17-18H,1H2,(H2,12,13,14)/t49?,50-,52+,55-;4?,5-,7-,10-/m11/s1. The van der Waals surface area contributed by atoms with Gasteiger partial charge in [-0.15, -0.1) is 0 Å². The van der Waals surface area contributed by atoms with E-state index in [2.05, 4.69) is 66.3 Å². The first-order chi connectivity index (χ1) is 43.9. The molecule has 0 spiro atoms. The fraction of sp³-hybridized carbons (Fsp3) is 0.324. The third-order valence-electron chi connectivity index (χ3n) is 17.5. The van der Waals surface area contributed by atoms with Gasteiger partial charge in [-0.05, 0) is 100 Å². The van der Waals surface area contributed by atoms with E-state index in [0.29, 0.717) is 51.1 Å². The predicted octanol–water partition coefficient (Wildman–Crippen LogP) is 10.9. The van der Waals surface area contributed by atoms with E-state index in [0.717, 1.165) is 33.4 Å². The highest BCUT2D eigenvalue weighted by Crippen LogP contribution is 2.49. The molecule has 8 atom stereocenters. The van der Waals surface area contributed by atoms with Crippen molar-refractivity contribution in [2.45, 2.75) is 99.3 Å². The van der Waals surface area contributed by atoms with Crippen LogP contribution in [0.1, 0.15) is 66.6 Å². The molecule has 20 nitrogen and oxygen atoms in total. The number of anilines is 2. The molecule has 23 heteroatoms. The van der Waals surface area contributed by atoms with Crippen molar-refractivity contribution < 1.29 is 56.6 Å². The van der Waals surface area contributed by atoms with Crippen molar-refractivity contribution in [3.63, 3.8) is 0 Å². The molecule has 2 saturated heterocycles. The maximum atomic E-state index is 18.5. The Kier molecular flexibility index (Phi) is 18.5. The van der Waals surface area contributed by atoms with E-state index in [1.807, 2.05) is 146 Å². The number of alkyl halides is 2. The summed E-state index contributed by atoms with van der Waals surface area (Å²) in [5.74, 6) is 3.34. The van der Waals surface area contributed by atoms with Crippen molar-refractivity contribution in [1.82, 2.24) is 39.0 Å². The Morgan fingerprint density at radius 1 is 0.549 bits per heavy atom. The Labute approximate surface area is 527 Å². The lowest BCUT2D eigenvalue weighted by molar-refractivity contribution is -0.103. The van der Waals surface area contributed by atoms with E-state index in [1.165, 1.54) is 23.5 Å². The number of nitrogen functional groups attached to an aromatic ring is 1. The van der Waals surface area contributed by atoms with E-state index in [1.54, 1.807) is 39.3 Å². The van der Waals surface area contributed by atoms with Gasteiger partial charge >= 0.3 is 0 Å². The number of nitrogens with two attached hydrogens (primary N) is 1. The zero-order chi connectivity index (χ0) is 64.2. The highest BCUT2D eigenvalue weighted by atomic mass is 28.4. The number of halogens is 2. The van der Waals surface area contributed by atoms with Gasteiger partial charge in [0.15, 0.2) is 61.6 Å². The largest absolute Gasteiger partial charge is 0.497 e. The molecule has 5 N–H and O–H groups in total. The third kappa shape index (κ3) is 12.2. The number of benzene rings is 6. The van der Waals surface area contributed by atoms with Crippen molar-refractivity contribution in [3.05, 3.63) is 216 Å². The summed E-state index contributed by atoms with van der Waals surface area (Å²) >= 11 is 0. The first-order valence-corrected chi connectivity index (χ1v) is 32.6. The average Bonchev–Trinajstić information content (AvgIpc) is 1.73.